The van der Waals surface area contributed by atoms with Crippen molar-refractivity contribution in [3.8, 4) is 0 Å². The van der Waals surface area contributed by atoms with Crippen molar-refractivity contribution in [2.24, 2.45) is 0 Å². The molecule has 1 saturated carbocycles. The average Bonchev–Trinajstić information content (AvgIpc) is 3.01. The lowest BCUT2D eigenvalue weighted by atomic mass is 10.2. The number of alkyl halides is 1. The molecule has 0 bridgehead atoms. The maximum Gasteiger partial charge on any atom is 0.147 e. The van der Waals surface area contributed by atoms with Crippen LogP contribution in [-0.4, -0.2) is 42.1 Å². The van der Waals surface area contributed by atoms with Gasteiger partial charge in [-0.05, 0) is 24.5 Å². The van der Waals surface area contributed by atoms with Crippen LogP contribution >= 0.6 is 23.2 Å². The number of hydrogen-bond acceptors (Lipinski definition) is 3. The summed E-state index contributed by atoms with van der Waals surface area (Å²) in [5.41, 5.74) is 0.977. The third-order valence-electron chi connectivity index (χ3n) is 4.49. The molecular formula is C15H21Cl2N3. The van der Waals surface area contributed by atoms with Gasteiger partial charge in [0.05, 0.1) is 5.02 Å². The molecule has 0 spiro atoms. The Kier molecular flexibility index (Phi) is 4.69. The van der Waals surface area contributed by atoms with Gasteiger partial charge < -0.3 is 4.90 Å². The molecule has 0 unspecified atom stereocenters. The second-order valence-corrected chi connectivity index (χ2v) is 6.42. The van der Waals surface area contributed by atoms with E-state index in [4.69, 9.17) is 23.2 Å². The Balaban J connectivity index is 1.62. The normalized spacial score (nSPS) is 21.6. The first-order valence-corrected chi connectivity index (χ1v) is 8.38. The Morgan fingerprint density at radius 3 is 2.45 bits per heavy atom. The number of anilines is 1. The molecule has 1 aromatic heterocycles. The van der Waals surface area contributed by atoms with E-state index >= 15 is 0 Å². The summed E-state index contributed by atoms with van der Waals surface area (Å²) in [6, 6.07) is 2.75. The second kappa shape index (κ2) is 6.50. The molecular weight excluding hydrogens is 293 g/mol. The highest BCUT2D eigenvalue weighted by Gasteiger charge is 2.27. The highest BCUT2D eigenvalue weighted by Crippen LogP contribution is 2.28. The Hall–Kier alpha value is -0.510. The summed E-state index contributed by atoms with van der Waals surface area (Å²) in [7, 11) is 0. The number of hydrogen-bond donors (Lipinski definition) is 0. The van der Waals surface area contributed by atoms with Crippen LogP contribution in [0.2, 0.25) is 5.02 Å². The molecule has 1 aliphatic carbocycles. The van der Waals surface area contributed by atoms with Gasteiger partial charge in [0.1, 0.15) is 5.82 Å². The first-order chi connectivity index (χ1) is 9.78. The minimum absolute atomic E-state index is 0.461. The number of piperazine rings is 1. The number of halogens is 2. The highest BCUT2D eigenvalue weighted by molar-refractivity contribution is 6.33. The summed E-state index contributed by atoms with van der Waals surface area (Å²) in [4.78, 5) is 9.43. The van der Waals surface area contributed by atoms with Crippen LogP contribution in [0.3, 0.4) is 0 Å². The van der Waals surface area contributed by atoms with Crippen molar-refractivity contribution in [2.45, 2.75) is 37.6 Å². The number of pyridine rings is 1. The first-order valence-electron chi connectivity index (χ1n) is 7.47. The number of nitrogens with zero attached hydrogens (tertiary/aromatic N) is 3. The molecule has 5 heteroatoms. The van der Waals surface area contributed by atoms with E-state index in [0.29, 0.717) is 5.88 Å². The second-order valence-electron chi connectivity index (χ2n) is 5.74. The van der Waals surface area contributed by atoms with E-state index in [2.05, 4.69) is 14.8 Å². The maximum atomic E-state index is 6.33. The maximum absolute atomic E-state index is 6.33. The molecule has 3 nitrogen and oxygen atoms in total. The van der Waals surface area contributed by atoms with Crippen LogP contribution in [0.25, 0.3) is 0 Å². The van der Waals surface area contributed by atoms with E-state index in [9.17, 15) is 0 Å². The molecule has 3 rings (SSSR count). The van der Waals surface area contributed by atoms with Crippen LogP contribution in [0.15, 0.2) is 12.3 Å². The van der Waals surface area contributed by atoms with E-state index in [1.165, 1.54) is 25.7 Å². The molecule has 1 aliphatic heterocycles. The molecule has 0 amide bonds. The zero-order valence-corrected chi connectivity index (χ0v) is 13.2. The van der Waals surface area contributed by atoms with Gasteiger partial charge in [0.15, 0.2) is 0 Å². The van der Waals surface area contributed by atoms with Gasteiger partial charge in [-0.3, -0.25) is 4.90 Å². The molecule has 0 radical (unpaired) electrons. The minimum Gasteiger partial charge on any atom is -0.353 e. The van der Waals surface area contributed by atoms with Crippen molar-refractivity contribution in [1.82, 2.24) is 9.88 Å². The fraction of sp³-hybridized carbons (Fsp3) is 0.667. The minimum atomic E-state index is 0.461. The van der Waals surface area contributed by atoms with E-state index < -0.39 is 0 Å². The summed E-state index contributed by atoms with van der Waals surface area (Å²) >= 11 is 12.1. The van der Waals surface area contributed by atoms with E-state index in [0.717, 1.165) is 48.6 Å². The third-order valence-corrected chi connectivity index (χ3v) is 5.07. The first kappa shape index (κ1) is 14.4. The van der Waals surface area contributed by atoms with Gasteiger partial charge in [0, 0.05) is 44.3 Å². The molecule has 0 aromatic carbocycles. The lowest BCUT2D eigenvalue weighted by Crippen LogP contribution is -2.50. The zero-order chi connectivity index (χ0) is 13.9. The Morgan fingerprint density at radius 1 is 1.15 bits per heavy atom. The molecule has 2 heterocycles. The van der Waals surface area contributed by atoms with E-state index in [-0.39, 0.29) is 0 Å². The highest BCUT2D eigenvalue weighted by atomic mass is 35.5. The molecule has 110 valence electrons. The topological polar surface area (TPSA) is 19.4 Å². The zero-order valence-electron chi connectivity index (χ0n) is 11.7. The lowest BCUT2D eigenvalue weighted by molar-refractivity contribution is 0.187. The summed E-state index contributed by atoms with van der Waals surface area (Å²) < 4.78 is 0. The van der Waals surface area contributed by atoms with Crippen LogP contribution in [0.4, 0.5) is 5.82 Å². The van der Waals surface area contributed by atoms with Gasteiger partial charge in [-0.1, -0.05) is 24.4 Å². The molecule has 0 N–H and O–H groups in total. The van der Waals surface area contributed by atoms with Gasteiger partial charge in [-0.15, -0.1) is 11.6 Å². The van der Waals surface area contributed by atoms with Crippen molar-refractivity contribution < 1.29 is 0 Å². The van der Waals surface area contributed by atoms with Crippen LogP contribution in [0, 0.1) is 0 Å². The Bertz CT molecular complexity index is 452. The van der Waals surface area contributed by atoms with Crippen molar-refractivity contribution in [1.29, 1.82) is 0 Å². The van der Waals surface area contributed by atoms with Crippen molar-refractivity contribution in [3.63, 3.8) is 0 Å². The van der Waals surface area contributed by atoms with E-state index in [1.54, 1.807) is 0 Å². The third kappa shape index (κ3) is 3.05. The largest absolute Gasteiger partial charge is 0.353 e. The number of rotatable bonds is 3. The molecule has 2 aliphatic rings. The van der Waals surface area contributed by atoms with Crippen LogP contribution < -0.4 is 4.90 Å². The summed E-state index contributed by atoms with van der Waals surface area (Å²) in [5, 5.41) is 0.720. The predicted molar refractivity (Wildman–Crippen MR) is 84.8 cm³/mol. The smallest absolute Gasteiger partial charge is 0.147 e. The molecule has 0 atom stereocenters. The quantitative estimate of drug-likeness (QED) is 0.796. The van der Waals surface area contributed by atoms with E-state index in [1.807, 2.05) is 12.3 Å². The Morgan fingerprint density at radius 2 is 1.85 bits per heavy atom. The molecule has 1 aromatic rings. The summed E-state index contributed by atoms with van der Waals surface area (Å²) in [5.74, 6) is 1.37. The van der Waals surface area contributed by atoms with Crippen molar-refractivity contribution in [2.75, 3.05) is 31.1 Å². The SMILES string of the molecule is ClCc1cnc(N2CCN(C3CCCC3)CC2)c(Cl)c1. The van der Waals surface area contributed by atoms with Crippen LogP contribution in [0.1, 0.15) is 31.2 Å². The summed E-state index contributed by atoms with van der Waals surface area (Å²) in [6.45, 7) is 4.28. The fourth-order valence-corrected chi connectivity index (χ4v) is 3.80. The van der Waals surface area contributed by atoms with Crippen LogP contribution in [0.5, 0.6) is 0 Å². The van der Waals surface area contributed by atoms with Gasteiger partial charge >= 0.3 is 0 Å². The predicted octanol–water partition coefficient (Wildman–Crippen LogP) is 3.54. The standard InChI is InChI=1S/C15H21Cl2N3/c16-10-12-9-14(17)15(18-11-12)20-7-5-19(6-8-20)13-3-1-2-4-13/h9,11,13H,1-8,10H2. The van der Waals surface area contributed by atoms with Gasteiger partial charge in [0.25, 0.3) is 0 Å². The van der Waals surface area contributed by atoms with Gasteiger partial charge in [-0.25, -0.2) is 4.98 Å². The monoisotopic (exact) mass is 313 g/mol. The van der Waals surface area contributed by atoms with Crippen LogP contribution in [-0.2, 0) is 5.88 Å². The number of aromatic nitrogens is 1. The summed E-state index contributed by atoms with van der Waals surface area (Å²) in [6.07, 6.45) is 7.39. The van der Waals surface area contributed by atoms with Gasteiger partial charge in [0.2, 0.25) is 0 Å². The van der Waals surface area contributed by atoms with Crippen molar-refractivity contribution >= 4 is 29.0 Å². The lowest BCUT2D eigenvalue weighted by Gasteiger charge is -2.38. The van der Waals surface area contributed by atoms with Crippen molar-refractivity contribution in [3.05, 3.63) is 22.8 Å². The average molecular weight is 314 g/mol. The Labute approximate surface area is 130 Å². The molecule has 1 saturated heterocycles. The molecule has 20 heavy (non-hydrogen) atoms. The molecule has 2 fully saturated rings. The van der Waals surface area contributed by atoms with Gasteiger partial charge in [-0.2, -0.15) is 0 Å². The fourth-order valence-electron chi connectivity index (χ4n) is 3.34.